The van der Waals surface area contributed by atoms with Gasteiger partial charge in [-0.15, -0.1) is 0 Å². The molecule has 2 aliphatic rings. The summed E-state index contributed by atoms with van der Waals surface area (Å²) in [6.07, 6.45) is 0.0941. The third kappa shape index (κ3) is 4.23. The Morgan fingerprint density at radius 1 is 0.947 bits per heavy atom. The van der Waals surface area contributed by atoms with E-state index in [1.54, 1.807) is 0 Å². The van der Waals surface area contributed by atoms with Gasteiger partial charge in [0.15, 0.2) is 19.7 Å². The maximum Gasteiger partial charge on any atom is 0.473 e. The van der Waals surface area contributed by atoms with Crippen LogP contribution in [-0.4, -0.2) is 45.4 Å². The highest BCUT2D eigenvalue weighted by atomic mass is 32.2. The van der Waals surface area contributed by atoms with Gasteiger partial charge in [-0.25, -0.2) is 21.4 Å². The molecule has 0 aromatic carbocycles. The monoisotopic (exact) mass is 330 g/mol. The highest BCUT2D eigenvalue weighted by Crippen LogP contribution is 2.47. The van der Waals surface area contributed by atoms with E-state index in [9.17, 15) is 26.3 Å². The average molecular weight is 330 g/mol. The lowest BCUT2D eigenvalue weighted by Gasteiger charge is -2.17. The third-order valence-electron chi connectivity index (χ3n) is 2.33. The van der Waals surface area contributed by atoms with E-state index < -0.39 is 51.2 Å². The first-order valence-corrected chi connectivity index (χ1v) is 10.0. The summed E-state index contributed by atoms with van der Waals surface area (Å²) >= 11 is 0. The Bertz CT molecular complexity index is 618. The van der Waals surface area contributed by atoms with E-state index in [2.05, 4.69) is 9.05 Å². The van der Waals surface area contributed by atoms with Crippen molar-refractivity contribution in [3.63, 3.8) is 0 Å². The first-order chi connectivity index (χ1) is 8.57. The highest BCUT2D eigenvalue weighted by Gasteiger charge is 2.35. The Labute approximate surface area is 110 Å². The predicted octanol–water partition coefficient (Wildman–Crippen LogP) is -0.259. The summed E-state index contributed by atoms with van der Waals surface area (Å²) in [6, 6.07) is 0. The molecule has 0 fully saturated rings. The number of phosphoric ester groups is 1. The molecule has 8 nitrogen and oxygen atoms in total. The molecule has 0 aromatic heterocycles. The van der Waals surface area contributed by atoms with E-state index in [0.29, 0.717) is 0 Å². The largest absolute Gasteiger partial charge is 0.473 e. The van der Waals surface area contributed by atoms with E-state index in [1.165, 1.54) is 0 Å². The van der Waals surface area contributed by atoms with Crippen molar-refractivity contribution >= 4 is 27.5 Å². The molecular formula is C8H11O8PS2. The highest BCUT2D eigenvalue weighted by molar-refractivity contribution is 7.94. The topological polar surface area (TPSA) is 124 Å². The Morgan fingerprint density at radius 3 is 1.58 bits per heavy atom. The van der Waals surface area contributed by atoms with Crippen molar-refractivity contribution in [2.45, 2.75) is 12.2 Å². The normalized spacial score (nSPS) is 34.4. The predicted molar refractivity (Wildman–Crippen MR) is 65.4 cm³/mol. The Morgan fingerprint density at radius 2 is 1.32 bits per heavy atom. The van der Waals surface area contributed by atoms with Crippen LogP contribution < -0.4 is 0 Å². The van der Waals surface area contributed by atoms with E-state index in [4.69, 9.17) is 0 Å². The Balaban J connectivity index is 1.96. The summed E-state index contributed by atoms with van der Waals surface area (Å²) in [6.45, 7) is 0. The lowest BCUT2D eigenvalue weighted by Crippen LogP contribution is -2.18. The number of rotatable bonds is 4. The van der Waals surface area contributed by atoms with Gasteiger partial charge in [0.1, 0.15) is 12.2 Å². The van der Waals surface area contributed by atoms with Gasteiger partial charge in [0.25, 0.3) is 0 Å². The minimum Gasteiger partial charge on any atom is -0.302 e. The molecule has 0 saturated carbocycles. The van der Waals surface area contributed by atoms with Crippen molar-refractivity contribution in [1.82, 2.24) is 0 Å². The van der Waals surface area contributed by atoms with Crippen LogP contribution >= 0.6 is 7.82 Å². The number of sulfone groups is 2. The lowest BCUT2D eigenvalue weighted by atomic mass is 10.4. The molecular weight excluding hydrogens is 319 g/mol. The molecule has 0 amide bonds. The second-order valence-electron chi connectivity index (χ2n) is 4.07. The van der Waals surface area contributed by atoms with Crippen molar-refractivity contribution < 1.29 is 35.3 Å². The molecule has 1 unspecified atom stereocenters. The van der Waals surface area contributed by atoms with E-state index >= 15 is 0 Å². The number of hydrogen-bond acceptors (Lipinski definition) is 7. The summed E-state index contributed by atoms with van der Waals surface area (Å²) in [7, 11) is -11.4. The lowest BCUT2D eigenvalue weighted by molar-refractivity contribution is 0.119. The molecule has 19 heavy (non-hydrogen) atoms. The molecule has 0 spiro atoms. The summed E-state index contributed by atoms with van der Waals surface area (Å²) in [5.74, 6) is -0.889. The molecule has 11 heteroatoms. The fourth-order valence-corrected chi connectivity index (χ4v) is 5.14. The minimum absolute atomic E-state index is 0.445. The number of hydrogen-bond donors (Lipinski definition) is 1. The zero-order valence-corrected chi connectivity index (χ0v) is 12.0. The van der Waals surface area contributed by atoms with Crippen LogP contribution in [-0.2, 0) is 33.3 Å². The average Bonchev–Trinajstić information content (AvgIpc) is 2.68. The molecule has 0 saturated heterocycles. The molecule has 0 radical (unpaired) electrons. The zero-order valence-electron chi connectivity index (χ0n) is 9.45. The molecule has 2 heterocycles. The summed E-state index contributed by atoms with van der Waals surface area (Å²) in [5, 5.41) is 1.77. The SMILES string of the molecule is O=P(O)(O[C@@H]1C=CS(=O)(=O)C1)O[C@H]1C=CS(=O)(=O)C1. The van der Waals surface area contributed by atoms with Crippen LogP contribution in [0, 0.1) is 0 Å². The fourth-order valence-electron chi connectivity index (χ4n) is 1.59. The van der Waals surface area contributed by atoms with Gasteiger partial charge in [0.2, 0.25) is 0 Å². The van der Waals surface area contributed by atoms with Gasteiger partial charge in [-0.3, -0.25) is 9.05 Å². The zero-order chi connectivity index (χ0) is 14.3. The standard InChI is InChI=1S/C8H11O8PS2/c9-17(10,15-7-1-3-18(11,12)5-7)16-8-2-4-19(13,14)6-8/h1-4,7-8H,5-6H2,(H,9,10)/t7-,8+. The number of phosphoric acid groups is 1. The first-order valence-electron chi connectivity index (χ1n) is 5.08. The van der Waals surface area contributed by atoms with Crippen molar-refractivity contribution in [3.05, 3.63) is 23.0 Å². The van der Waals surface area contributed by atoms with Gasteiger partial charge in [-0.05, 0) is 12.2 Å². The maximum atomic E-state index is 11.6. The van der Waals surface area contributed by atoms with Crippen LogP contribution in [0.4, 0.5) is 0 Å². The van der Waals surface area contributed by atoms with E-state index in [0.717, 1.165) is 23.0 Å². The Kier molecular flexibility index (Phi) is 3.76. The van der Waals surface area contributed by atoms with Crippen LogP contribution in [0.1, 0.15) is 0 Å². The van der Waals surface area contributed by atoms with Gasteiger partial charge < -0.3 is 4.89 Å². The van der Waals surface area contributed by atoms with Crippen molar-refractivity contribution in [1.29, 1.82) is 0 Å². The quantitative estimate of drug-likeness (QED) is 0.699. The van der Waals surface area contributed by atoms with Gasteiger partial charge in [-0.1, -0.05) is 0 Å². The van der Waals surface area contributed by atoms with Crippen LogP contribution in [0.3, 0.4) is 0 Å². The summed E-state index contributed by atoms with van der Waals surface area (Å²) in [4.78, 5) is 9.43. The molecule has 2 rings (SSSR count). The van der Waals surface area contributed by atoms with Gasteiger partial charge in [-0.2, -0.15) is 0 Å². The fraction of sp³-hybridized carbons (Fsp3) is 0.500. The summed E-state index contributed by atoms with van der Waals surface area (Å²) in [5.41, 5.74) is 0. The minimum atomic E-state index is -4.54. The van der Waals surface area contributed by atoms with Crippen molar-refractivity contribution in [2.75, 3.05) is 11.5 Å². The van der Waals surface area contributed by atoms with Crippen LogP contribution in [0.15, 0.2) is 23.0 Å². The summed E-state index contributed by atoms with van der Waals surface area (Å²) < 4.78 is 65.3. The van der Waals surface area contributed by atoms with Crippen molar-refractivity contribution in [3.8, 4) is 0 Å². The smallest absolute Gasteiger partial charge is 0.302 e. The van der Waals surface area contributed by atoms with Crippen LogP contribution in [0.25, 0.3) is 0 Å². The van der Waals surface area contributed by atoms with Gasteiger partial charge >= 0.3 is 7.82 Å². The second kappa shape index (κ2) is 4.80. The molecule has 2 aliphatic heterocycles. The maximum absolute atomic E-state index is 11.6. The van der Waals surface area contributed by atoms with E-state index in [1.807, 2.05) is 0 Å². The second-order valence-corrected chi connectivity index (χ2v) is 9.29. The first kappa shape index (κ1) is 14.9. The van der Waals surface area contributed by atoms with Crippen LogP contribution in [0.5, 0.6) is 0 Å². The van der Waals surface area contributed by atoms with E-state index in [-0.39, 0.29) is 0 Å². The van der Waals surface area contributed by atoms with Gasteiger partial charge in [0.05, 0.1) is 11.5 Å². The van der Waals surface area contributed by atoms with Crippen molar-refractivity contribution in [2.24, 2.45) is 0 Å². The Hall–Kier alpha value is -0.510. The molecule has 0 aromatic rings. The molecule has 1 N–H and O–H groups in total. The molecule has 3 atom stereocenters. The molecule has 0 aliphatic carbocycles. The molecule has 108 valence electrons. The third-order valence-corrected chi connectivity index (χ3v) is 6.14. The van der Waals surface area contributed by atoms with Gasteiger partial charge in [0, 0.05) is 10.8 Å². The molecule has 0 bridgehead atoms. The van der Waals surface area contributed by atoms with Crippen LogP contribution in [0.2, 0.25) is 0 Å².